The Labute approximate surface area is 391 Å². The fourth-order valence-electron chi connectivity index (χ4n) is 12.5. The van der Waals surface area contributed by atoms with Gasteiger partial charge in [-0.2, -0.15) is 0 Å². The van der Waals surface area contributed by atoms with Gasteiger partial charge in [0.25, 0.3) is 0 Å². The number of fused-ring (bicyclic) bond motifs is 14. The average molecular weight is 849 g/mol. The van der Waals surface area contributed by atoms with Gasteiger partial charge in [-0.05, 0) is 181 Å². The minimum absolute atomic E-state index is 0.488. The highest BCUT2D eigenvalue weighted by Gasteiger charge is 2.52. The van der Waals surface area contributed by atoms with Gasteiger partial charge in [-0.1, -0.05) is 206 Å². The number of aryl methyl sites for hydroxylation is 2. The molecule has 312 valence electrons. The minimum atomic E-state index is -0.488. The van der Waals surface area contributed by atoms with Gasteiger partial charge >= 0.3 is 0 Å². The molecular formula is C67H44. The summed E-state index contributed by atoms with van der Waals surface area (Å²) >= 11 is 0. The van der Waals surface area contributed by atoms with Crippen molar-refractivity contribution in [2.75, 3.05) is 0 Å². The molecule has 0 amide bonds. The Kier molecular flexibility index (Phi) is 8.13. The standard InChI is InChI=1S/C67H44/c1-41-47-31-29-45(50-35-33-48(43-17-5-3-6-18-43)52-21-9-11-23-54(50)52)37-59(47)42(2)61-40-66-62(39-60(41)61)58-32-30-46(51-36-34-49(44-19-7-4-8-20-44)53-22-10-12-24-55(51)53)38-65(58)67(66)63-27-15-13-25-56(63)57-26-14-16-28-64(57)67/h3-40H,1-2H3. The monoisotopic (exact) mass is 848 g/mol. The molecule has 2 aliphatic carbocycles. The van der Waals surface area contributed by atoms with Crippen molar-refractivity contribution in [2.45, 2.75) is 19.3 Å². The zero-order valence-corrected chi connectivity index (χ0v) is 37.4. The van der Waals surface area contributed by atoms with Gasteiger partial charge in [-0.3, -0.25) is 0 Å². The van der Waals surface area contributed by atoms with E-state index in [1.165, 1.54) is 143 Å². The zero-order valence-electron chi connectivity index (χ0n) is 37.4. The molecule has 0 unspecified atom stereocenters. The third kappa shape index (κ3) is 5.30. The molecule has 12 aromatic carbocycles. The van der Waals surface area contributed by atoms with E-state index < -0.39 is 5.41 Å². The third-order valence-electron chi connectivity index (χ3n) is 15.5. The highest BCUT2D eigenvalue weighted by molar-refractivity contribution is 6.12. The van der Waals surface area contributed by atoms with Gasteiger partial charge in [0.1, 0.15) is 0 Å². The fourth-order valence-corrected chi connectivity index (χ4v) is 12.5. The van der Waals surface area contributed by atoms with Gasteiger partial charge in [0, 0.05) is 0 Å². The van der Waals surface area contributed by atoms with Crippen molar-refractivity contribution in [2.24, 2.45) is 0 Å². The van der Waals surface area contributed by atoms with Crippen LogP contribution in [0.25, 0.3) is 110 Å². The first kappa shape index (κ1) is 38.0. The minimum Gasteiger partial charge on any atom is -0.0622 e. The van der Waals surface area contributed by atoms with Crippen molar-refractivity contribution in [3.05, 3.63) is 264 Å². The first-order valence-corrected chi connectivity index (χ1v) is 23.6. The third-order valence-corrected chi connectivity index (χ3v) is 15.5. The Morgan fingerprint density at radius 1 is 0.209 bits per heavy atom. The summed E-state index contributed by atoms with van der Waals surface area (Å²) in [6.45, 7) is 4.68. The lowest BCUT2D eigenvalue weighted by Gasteiger charge is -2.31. The van der Waals surface area contributed by atoms with Crippen molar-refractivity contribution in [1.29, 1.82) is 0 Å². The van der Waals surface area contributed by atoms with Crippen LogP contribution in [0.4, 0.5) is 0 Å². The second kappa shape index (κ2) is 14.3. The van der Waals surface area contributed by atoms with Crippen molar-refractivity contribution in [3.8, 4) is 66.8 Å². The van der Waals surface area contributed by atoms with Crippen LogP contribution in [0.2, 0.25) is 0 Å². The maximum absolute atomic E-state index is 2.59. The van der Waals surface area contributed by atoms with Gasteiger partial charge in [0.15, 0.2) is 0 Å². The molecule has 67 heavy (non-hydrogen) atoms. The quantitative estimate of drug-likeness (QED) is 0.155. The van der Waals surface area contributed by atoms with Crippen molar-refractivity contribution in [3.63, 3.8) is 0 Å². The molecule has 0 aliphatic heterocycles. The Morgan fingerprint density at radius 2 is 0.582 bits per heavy atom. The molecule has 14 rings (SSSR count). The second-order valence-corrected chi connectivity index (χ2v) is 18.7. The Balaban J connectivity index is 1.00. The first-order chi connectivity index (χ1) is 33.1. The lowest BCUT2D eigenvalue weighted by atomic mass is 9.69. The van der Waals surface area contributed by atoms with Crippen LogP contribution in [0.15, 0.2) is 231 Å². The summed E-state index contributed by atoms with van der Waals surface area (Å²) in [6, 6.07) is 86.7. The summed E-state index contributed by atoms with van der Waals surface area (Å²) < 4.78 is 0. The molecule has 12 aromatic rings. The normalized spacial score (nSPS) is 13.0. The largest absolute Gasteiger partial charge is 0.0725 e. The molecule has 0 fully saturated rings. The van der Waals surface area contributed by atoms with Crippen LogP contribution < -0.4 is 0 Å². The molecule has 0 heterocycles. The lowest BCUT2D eigenvalue weighted by molar-refractivity contribution is 0.795. The van der Waals surface area contributed by atoms with E-state index in [4.69, 9.17) is 0 Å². The Bertz CT molecular complexity index is 3990. The van der Waals surface area contributed by atoms with E-state index >= 15 is 0 Å². The lowest BCUT2D eigenvalue weighted by Crippen LogP contribution is -2.26. The molecule has 0 atom stereocenters. The predicted molar refractivity (Wildman–Crippen MR) is 284 cm³/mol. The maximum Gasteiger partial charge on any atom is 0.0725 e. The number of hydrogen-bond donors (Lipinski definition) is 0. The molecule has 0 N–H and O–H groups in total. The molecule has 0 saturated heterocycles. The SMILES string of the molecule is Cc1c2ccc(-c3ccc(-c4ccccc4)c4ccccc34)cc2c(C)c2cc3c(cc12)-c1ccc(-c2ccc(-c4ccccc4)c4ccccc24)cc1C31c2ccccc2-c2ccccc21. The van der Waals surface area contributed by atoms with Crippen LogP contribution in [-0.2, 0) is 5.41 Å². The van der Waals surface area contributed by atoms with E-state index in [1.807, 2.05) is 0 Å². The van der Waals surface area contributed by atoms with Gasteiger partial charge in [-0.25, -0.2) is 0 Å². The zero-order chi connectivity index (χ0) is 44.4. The number of benzene rings is 12. The highest BCUT2D eigenvalue weighted by Crippen LogP contribution is 2.64. The van der Waals surface area contributed by atoms with Crippen LogP contribution in [0.3, 0.4) is 0 Å². The van der Waals surface area contributed by atoms with Gasteiger partial charge in [0.05, 0.1) is 5.41 Å². The number of rotatable bonds is 4. The van der Waals surface area contributed by atoms with E-state index in [0.717, 1.165) is 0 Å². The predicted octanol–water partition coefficient (Wildman–Crippen LogP) is 17.9. The molecule has 0 radical (unpaired) electrons. The van der Waals surface area contributed by atoms with Gasteiger partial charge < -0.3 is 0 Å². The topological polar surface area (TPSA) is 0 Å². The molecule has 0 nitrogen and oxygen atoms in total. The highest BCUT2D eigenvalue weighted by atomic mass is 14.5. The van der Waals surface area contributed by atoms with Gasteiger partial charge in [-0.15, -0.1) is 0 Å². The van der Waals surface area contributed by atoms with E-state index in [0.29, 0.717) is 0 Å². The van der Waals surface area contributed by atoms with E-state index in [9.17, 15) is 0 Å². The molecule has 0 saturated carbocycles. The van der Waals surface area contributed by atoms with E-state index in [2.05, 4.69) is 244 Å². The van der Waals surface area contributed by atoms with Crippen LogP contribution in [-0.4, -0.2) is 0 Å². The van der Waals surface area contributed by atoms with Crippen LogP contribution in [0, 0.1) is 13.8 Å². The van der Waals surface area contributed by atoms with Crippen molar-refractivity contribution in [1.82, 2.24) is 0 Å². The van der Waals surface area contributed by atoms with Crippen molar-refractivity contribution >= 4 is 43.1 Å². The molecule has 0 aromatic heterocycles. The number of hydrogen-bond acceptors (Lipinski definition) is 0. The Hall–Kier alpha value is -8.32. The molecular weight excluding hydrogens is 805 g/mol. The summed E-state index contributed by atoms with van der Waals surface area (Å²) in [5.41, 5.74) is 22.9. The van der Waals surface area contributed by atoms with Gasteiger partial charge in [0.2, 0.25) is 0 Å². The van der Waals surface area contributed by atoms with E-state index in [1.54, 1.807) is 0 Å². The second-order valence-electron chi connectivity index (χ2n) is 18.7. The summed E-state index contributed by atoms with van der Waals surface area (Å²) in [6.07, 6.45) is 0. The van der Waals surface area contributed by atoms with Crippen molar-refractivity contribution < 1.29 is 0 Å². The molecule has 0 heteroatoms. The van der Waals surface area contributed by atoms with Crippen LogP contribution in [0.5, 0.6) is 0 Å². The first-order valence-electron chi connectivity index (χ1n) is 23.6. The summed E-state index contributed by atoms with van der Waals surface area (Å²) in [7, 11) is 0. The molecule has 1 spiro atoms. The van der Waals surface area contributed by atoms with Crippen LogP contribution in [0.1, 0.15) is 33.4 Å². The summed E-state index contributed by atoms with van der Waals surface area (Å²) in [5.74, 6) is 0. The Morgan fingerprint density at radius 3 is 1.13 bits per heavy atom. The summed E-state index contributed by atoms with van der Waals surface area (Å²) in [5, 5.41) is 10.3. The molecule has 0 bridgehead atoms. The average Bonchev–Trinajstić information content (AvgIpc) is 3.86. The molecule has 2 aliphatic rings. The summed E-state index contributed by atoms with van der Waals surface area (Å²) in [4.78, 5) is 0. The van der Waals surface area contributed by atoms with E-state index in [-0.39, 0.29) is 0 Å². The maximum atomic E-state index is 2.59. The smallest absolute Gasteiger partial charge is 0.0622 e. The fraction of sp³-hybridized carbons (Fsp3) is 0.0448. The van der Waals surface area contributed by atoms with Crippen LogP contribution >= 0.6 is 0 Å².